The molecule has 0 saturated heterocycles. The van der Waals surface area contributed by atoms with Crippen LogP contribution in [0.4, 0.5) is 0 Å². The second-order valence-electron chi connectivity index (χ2n) is 7.56. The van der Waals surface area contributed by atoms with Gasteiger partial charge in [-0.2, -0.15) is 0 Å². The fourth-order valence-corrected chi connectivity index (χ4v) is 4.13. The van der Waals surface area contributed by atoms with Crippen LogP contribution in [0, 0.1) is 0 Å². The van der Waals surface area contributed by atoms with Gasteiger partial charge in [0.2, 0.25) is 0 Å². The van der Waals surface area contributed by atoms with Gasteiger partial charge in [-0.3, -0.25) is 0 Å². The Morgan fingerprint density at radius 2 is 1.00 bits per heavy atom. The number of nitrogens with zero attached hydrogens (tertiary/aromatic N) is 5. The van der Waals surface area contributed by atoms with Crippen molar-refractivity contribution in [1.29, 1.82) is 0 Å². The van der Waals surface area contributed by atoms with E-state index < -0.39 is 0 Å². The molecule has 5 rings (SSSR count). The Hall–Kier alpha value is -2.31. The van der Waals surface area contributed by atoms with E-state index in [0.717, 1.165) is 71.0 Å². The molecule has 169 valence electrons. The zero-order valence-electron chi connectivity index (χ0n) is 18.6. The van der Waals surface area contributed by atoms with E-state index in [-0.39, 0.29) is 43.4 Å². The minimum Gasteiger partial charge on any atom is -1.00 e. The molecule has 0 N–H and O–H groups in total. The van der Waals surface area contributed by atoms with Crippen molar-refractivity contribution < 1.29 is 43.4 Å². The van der Waals surface area contributed by atoms with Crippen LogP contribution in [0.5, 0.6) is 0 Å². The summed E-state index contributed by atoms with van der Waals surface area (Å²) in [4.78, 5) is 14.8. The third kappa shape index (κ3) is 4.97. The van der Waals surface area contributed by atoms with Gasteiger partial charge in [-0.1, -0.05) is 44.2 Å². The van der Waals surface area contributed by atoms with Crippen molar-refractivity contribution in [2.24, 2.45) is 0 Å². The molecule has 0 aliphatic carbocycles. The first-order valence-electron chi connectivity index (χ1n) is 10.7. The number of benzene rings is 2. The summed E-state index contributed by atoms with van der Waals surface area (Å²) < 4.78 is 4.55. The predicted molar refractivity (Wildman–Crippen MR) is 122 cm³/mol. The van der Waals surface area contributed by atoms with Crippen molar-refractivity contribution in [3.8, 4) is 23.0 Å². The summed E-state index contributed by atoms with van der Waals surface area (Å²) in [6, 6.07) is 22.7. The van der Waals surface area contributed by atoms with Crippen molar-refractivity contribution in [2.45, 2.75) is 39.8 Å². The van der Waals surface area contributed by atoms with E-state index in [0.29, 0.717) is 0 Å². The van der Waals surface area contributed by atoms with E-state index in [2.05, 4.69) is 65.4 Å². The van der Waals surface area contributed by atoms with Gasteiger partial charge >= 0.3 is 18.6 Å². The molecule has 33 heavy (non-hydrogen) atoms. The van der Waals surface area contributed by atoms with Gasteiger partial charge in [-0.15, -0.1) is 0 Å². The standard InChI is InChI=1S/C25H25N5.2ClH.V/c1-3-16-29-22-14-7-5-10-18(22)27-24(29)20-12-9-13-21(26-20)25-28-19-11-6-8-15-23(19)30(25)17-4-2;;;/h5-15H,3-4,16-17H2,1-2H3;2*1H;/q;;;+2/p-2. The van der Waals surface area contributed by atoms with E-state index in [1.807, 2.05) is 24.3 Å². The van der Waals surface area contributed by atoms with Crippen LogP contribution in [0.1, 0.15) is 26.7 Å². The molecule has 0 unspecified atom stereocenters. The summed E-state index contributed by atoms with van der Waals surface area (Å²) in [5.41, 5.74) is 6.08. The summed E-state index contributed by atoms with van der Waals surface area (Å²) >= 11 is 0. The number of aromatic nitrogens is 5. The largest absolute Gasteiger partial charge is 2.00 e. The molecule has 5 nitrogen and oxygen atoms in total. The van der Waals surface area contributed by atoms with Crippen molar-refractivity contribution >= 4 is 22.1 Å². The van der Waals surface area contributed by atoms with Crippen LogP contribution in [0.15, 0.2) is 66.7 Å². The Labute approximate surface area is 218 Å². The van der Waals surface area contributed by atoms with Crippen molar-refractivity contribution in [3.63, 3.8) is 0 Å². The number of hydrogen-bond donors (Lipinski definition) is 0. The van der Waals surface area contributed by atoms with Crippen LogP contribution in [-0.4, -0.2) is 24.1 Å². The van der Waals surface area contributed by atoms with E-state index in [1.54, 1.807) is 0 Å². The molecule has 5 aromatic rings. The van der Waals surface area contributed by atoms with Gasteiger partial charge in [-0.05, 0) is 49.2 Å². The fourth-order valence-electron chi connectivity index (χ4n) is 4.13. The topological polar surface area (TPSA) is 48.5 Å². The Balaban J connectivity index is 0.00000128. The summed E-state index contributed by atoms with van der Waals surface area (Å²) in [6.07, 6.45) is 2.08. The first-order chi connectivity index (χ1) is 14.8. The van der Waals surface area contributed by atoms with E-state index in [1.165, 1.54) is 0 Å². The molecule has 3 aromatic heterocycles. The average Bonchev–Trinajstić information content (AvgIpc) is 3.34. The second kappa shape index (κ2) is 11.7. The quantitative estimate of drug-likeness (QED) is 0.317. The van der Waals surface area contributed by atoms with Gasteiger partial charge in [0.15, 0.2) is 11.6 Å². The van der Waals surface area contributed by atoms with Gasteiger partial charge in [0.05, 0.1) is 22.1 Å². The van der Waals surface area contributed by atoms with Crippen LogP contribution in [-0.2, 0) is 31.6 Å². The normalized spacial score (nSPS) is 10.5. The minimum atomic E-state index is 0. The van der Waals surface area contributed by atoms with Crippen molar-refractivity contribution in [3.05, 3.63) is 66.7 Å². The molecule has 0 saturated carbocycles. The van der Waals surface area contributed by atoms with Crippen molar-refractivity contribution in [2.75, 3.05) is 0 Å². The molecule has 8 heteroatoms. The molecular weight excluding hydrogens is 492 g/mol. The van der Waals surface area contributed by atoms with Crippen LogP contribution in [0.2, 0.25) is 0 Å². The zero-order chi connectivity index (χ0) is 20.5. The molecule has 0 aliphatic heterocycles. The molecule has 0 spiro atoms. The van der Waals surface area contributed by atoms with Gasteiger partial charge in [0.1, 0.15) is 11.4 Å². The summed E-state index contributed by atoms with van der Waals surface area (Å²) in [7, 11) is 0. The number of rotatable bonds is 6. The number of fused-ring (bicyclic) bond motifs is 2. The number of pyridine rings is 1. The van der Waals surface area contributed by atoms with E-state index in [4.69, 9.17) is 15.0 Å². The SMILES string of the molecule is CCCn1c(-c2cccc(-c3nc4ccccc4n3CCC)n2)nc2ccccc21.[Cl-].[Cl-].[V+2]. The third-order valence-electron chi connectivity index (χ3n) is 5.41. The number of hydrogen-bond acceptors (Lipinski definition) is 3. The second-order valence-corrected chi connectivity index (χ2v) is 7.56. The van der Waals surface area contributed by atoms with Gasteiger partial charge in [0, 0.05) is 13.1 Å². The van der Waals surface area contributed by atoms with Crippen LogP contribution in [0.25, 0.3) is 45.1 Å². The molecule has 2 aromatic carbocycles. The van der Waals surface area contributed by atoms with E-state index >= 15 is 0 Å². The maximum absolute atomic E-state index is 5.02. The smallest absolute Gasteiger partial charge is 1.00 e. The molecule has 0 fully saturated rings. The van der Waals surface area contributed by atoms with Crippen LogP contribution < -0.4 is 24.8 Å². The Morgan fingerprint density at radius 1 is 0.576 bits per heavy atom. The number of aryl methyl sites for hydroxylation is 2. The predicted octanol–water partition coefficient (Wildman–Crippen LogP) is -0.0595. The summed E-state index contributed by atoms with van der Waals surface area (Å²) in [5.74, 6) is 1.83. The molecule has 0 atom stereocenters. The van der Waals surface area contributed by atoms with E-state index in [9.17, 15) is 0 Å². The molecular formula is C25H25Cl2N5V. The average molecular weight is 517 g/mol. The number of halogens is 2. The maximum atomic E-state index is 5.02. The summed E-state index contributed by atoms with van der Waals surface area (Å²) in [6.45, 7) is 6.21. The maximum Gasteiger partial charge on any atom is 2.00 e. The van der Waals surface area contributed by atoms with Crippen LogP contribution >= 0.6 is 0 Å². The molecule has 0 aliphatic rings. The number of para-hydroxylation sites is 4. The molecule has 3 heterocycles. The minimum absolute atomic E-state index is 0. The fraction of sp³-hybridized carbons (Fsp3) is 0.240. The molecule has 0 amide bonds. The van der Waals surface area contributed by atoms with Gasteiger partial charge < -0.3 is 33.9 Å². The Kier molecular flexibility index (Phi) is 9.56. The summed E-state index contributed by atoms with van der Waals surface area (Å²) in [5, 5.41) is 0. The first-order valence-corrected chi connectivity index (χ1v) is 10.7. The van der Waals surface area contributed by atoms with Gasteiger partial charge in [-0.25, -0.2) is 15.0 Å². The molecule has 0 bridgehead atoms. The Bertz CT molecular complexity index is 1250. The van der Waals surface area contributed by atoms with Crippen LogP contribution in [0.3, 0.4) is 0 Å². The first kappa shape index (κ1) is 26.9. The van der Waals surface area contributed by atoms with Gasteiger partial charge in [0.25, 0.3) is 0 Å². The monoisotopic (exact) mass is 516 g/mol. The zero-order valence-corrected chi connectivity index (χ0v) is 21.5. The number of imidazole rings is 2. The van der Waals surface area contributed by atoms with Crippen molar-refractivity contribution in [1.82, 2.24) is 24.1 Å². The third-order valence-corrected chi connectivity index (χ3v) is 5.41. The molecule has 1 radical (unpaired) electrons. The Morgan fingerprint density at radius 3 is 1.42 bits per heavy atom.